The van der Waals surface area contributed by atoms with Crippen molar-refractivity contribution >= 4 is 32.6 Å². The molecule has 31 heavy (non-hydrogen) atoms. The third kappa shape index (κ3) is 4.37. The molecular formula is C26H27N3OS. The Morgan fingerprint density at radius 1 is 1.00 bits per heavy atom. The fourth-order valence-corrected chi connectivity index (χ4v) is 4.50. The number of fused-ring (bicyclic) bond motifs is 1. The fourth-order valence-electron chi connectivity index (χ4n) is 3.48. The van der Waals surface area contributed by atoms with E-state index in [1.54, 1.807) is 22.4 Å². The highest BCUT2D eigenvalue weighted by atomic mass is 32.1. The molecule has 2 heterocycles. The molecule has 0 N–H and O–H groups in total. The van der Waals surface area contributed by atoms with Crippen molar-refractivity contribution in [2.75, 3.05) is 4.90 Å². The molecular weight excluding hydrogens is 402 g/mol. The Morgan fingerprint density at radius 3 is 2.39 bits per heavy atom. The number of amides is 1. The van der Waals surface area contributed by atoms with Crippen LogP contribution < -0.4 is 4.90 Å². The molecule has 158 valence electrons. The Morgan fingerprint density at radius 2 is 1.74 bits per heavy atom. The predicted octanol–water partition coefficient (Wildman–Crippen LogP) is 6.45. The summed E-state index contributed by atoms with van der Waals surface area (Å²) < 4.78 is 1.08. The largest absolute Gasteiger partial charge is 0.278 e. The first kappa shape index (κ1) is 21.2. The van der Waals surface area contributed by atoms with Gasteiger partial charge in [0, 0.05) is 11.8 Å². The minimum absolute atomic E-state index is 0.0393. The number of carbonyl (C=O) groups excluding carboxylic acids is 1. The average Bonchev–Trinajstić information content (AvgIpc) is 3.19. The molecule has 0 saturated heterocycles. The zero-order valence-electron chi connectivity index (χ0n) is 18.6. The minimum Gasteiger partial charge on any atom is -0.278 e. The fraction of sp³-hybridized carbons (Fsp3) is 0.269. The molecule has 4 rings (SSSR count). The summed E-state index contributed by atoms with van der Waals surface area (Å²) in [5, 5.41) is 0.694. The first-order valence-corrected chi connectivity index (χ1v) is 11.2. The molecule has 0 saturated carbocycles. The molecule has 0 aliphatic carbocycles. The quantitative estimate of drug-likeness (QED) is 0.374. The second kappa shape index (κ2) is 8.23. The predicted molar refractivity (Wildman–Crippen MR) is 129 cm³/mol. The lowest BCUT2D eigenvalue weighted by molar-refractivity contribution is 0.0984. The molecule has 0 aliphatic rings. The van der Waals surface area contributed by atoms with Crippen LogP contribution in [-0.4, -0.2) is 15.9 Å². The van der Waals surface area contributed by atoms with Gasteiger partial charge in [0.25, 0.3) is 5.91 Å². The number of carbonyl (C=O) groups is 1. The Labute approximate surface area is 187 Å². The van der Waals surface area contributed by atoms with Gasteiger partial charge >= 0.3 is 0 Å². The van der Waals surface area contributed by atoms with Crippen LogP contribution in [0.15, 0.2) is 60.8 Å². The Kier molecular flexibility index (Phi) is 5.63. The molecule has 0 atom stereocenters. The number of thiazole rings is 1. The Balaban J connectivity index is 1.76. The average molecular weight is 430 g/mol. The van der Waals surface area contributed by atoms with Crippen molar-refractivity contribution in [2.45, 2.75) is 46.6 Å². The maximum atomic E-state index is 13.6. The van der Waals surface area contributed by atoms with E-state index in [4.69, 9.17) is 4.98 Å². The van der Waals surface area contributed by atoms with Crippen LogP contribution in [0.5, 0.6) is 0 Å². The summed E-state index contributed by atoms with van der Waals surface area (Å²) >= 11 is 1.54. The summed E-state index contributed by atoms with van der Waals surface area (Å²) in [5.41, 5.74) is 6.03. The highest BCUT2D eigenvalue weighted by molar-refractivity contribution is 7.22. The summed E-state index contributed by atoms with van der Waals surface area (Å²) in [6.07, 6.45) is 1.75. The lowest BCUT2D eigenvalue weighted by atomic mass is 9.86. The Hall–Kier alpha value is -3.05. The number of nitrogens with zero attached hydrogens (tertiary/aromatic N) is 3. The van der Waals surface area contributed by atoms with Gasteiger partial charge in [0.05, 0.1) is 22.5 Å². The molecule has 0 spiro atoms. The maximum Gasteiger partial charge on any atom is 0.260 e. The van der Waals surface area contributed by atoms with Crippen molar-refractivity contribution in [3.05, 3.63) is 88.7 Å². The van der Waals surface area contributed by atoms with Gasteiger partial charge in [-0.25, -0.2) is 4.98 Å². The highest BCUT2D eigenvalue weighted by Crippen LogP contribution is 2.33. The van der Waals surface area contributed by atoms with Crippen molar-refractivity contribution < 1.29 is 4.79 Å². The van der Waals surface area contributed by atoms with E-state index in [0.717, 1.165) is 21.5 Å². The molecule has 4 aromatic rings. The molecule has 2 aromatic carbocycles. The zero-order valence-corrected chi connectivity index (χ0v) is 19.5. The second-order valence-electron chi connectivity index (χ2n) is 8.89. The van der Waals surface area contributed by atoms with E-state index in [2.05, 4.69) is 51.7 Å². The van der Waals surface area contributed by atoms with E-state index in [1.807, 2.05) is 42.5 Å². The normalized spacial score (nSPS) is 11.6. The molecule has 0 aliphatic heterocycles. The van der Waals surface area contributed by atoms with Gasteiger partial charge in [-0.1, -0.05) is 56.4 Å². The van der Waals surface area contributed by atoms with Crippen molar-refractivity contribution in [3.63, 3.8) is 0 Å². The molecule has 0 unspecified atom stereocenters. The number of benzene rings is 2. The maximum absolute atomic E-state index is 13.6. The van der Waals surface area contributed by atoms with E-state index < -0.39 is 0 Å². The first-order chi connectivity index (χ1) is 14.7. The molecule has 0 radical (unpaired) electrons. The van der Waals surface area contributed by atoms with Crippen LogP contribution in [0, 0.1) is 13.8 Å². The molecule has 0 bridgehead atoms. The van der Waals surface area contributed by atoms with Gasteiger partial charge in [-0.3, -0.25) is 14.7 Å². The second-order valence-corrected chi connectivity index (χ2v) is 9.90. The van der Waals surface area contributed by atoms with Gasteiger partial charge in [-0.05, 0) is 66.3 Å². The van der Waals surface area contributed by atoms with Gasteiger partial charge < -0.3 is 0 Å². The van der Waals surface area contributed by atoms with Crippen molar-refractivity contribution in [3.8, 4) is 0 Å². The zero-order chi connectivity index (χ0) is 22.2. The van der Waals surface area contributed by atoms with E-state index in [1.165, 1.54) is 11.1 Å². The monoisotopic (exact) mass is 429 g/mol. The third-order valence-electron chi connectivity index (χ3n) is 5.59. The first-order valence-electron chi connectivity index (χ1n) is 10.4. The number of aromatic nitrogens is 2. The van der Waals surface area contributed by atoms with Crippen molar-refractivity contribution in [1.82, 2.24) is 9.97 Å². The number of pyridine rings is 1. The number of hydrogen-bond donors (Lipinski definition) is 0. The van der Waals surface area contributed by atoms with Gasteiger partial charge in [0.2, 0.25) is 0 Å². The van der Waals surface area contributed by atoms with Gasteiger partial charge in [-0.2, -0.15) is 0 Å². The minimum atomic E-state index is -0.0699. The molecule has 4 nitrogen and oxygen atoms in total. The topological polar surface area (TPSA) is 46.1 Å². The van der Waals surface area contributed by atoms with E-state index in [9.17, 15) is 4.79 Å². The summed E-state index contributed by atoms with van der Waals surface area (Å²) in [7, 11) is 0. The summed E-state index contributed by atoms with van der Waals surface area (Å²) in [6, 6.07) is 17.9. The molecule has 0 fully saturated rings. The third-order valence-corrected chi connectivity index (χ3v) is 6.64. The van der Waals surface area contributed by atoms with Crippen LogP contribution in [-0.2, 0) is 12.0 Å². The van der Waals surface area contributed by atoms with Gasteiger partial charge in [0.15, 0.2) is 5.13 Å². The van der Waals surface area contributed by atoms with Crippen LogP contribution in [0.4, 0.5) is 5.13 Å². The SMILES string of the molecule is Cc1ccc2sc(N(Cc3ccccn3)C(=O)c3ccc(C(C)(C)C)cc3)nc2c1C. The number of rotatable bonds is 4. The van der Waals surface area contributed by atoms with E-state index in [-0.39, 0.29) is 11.3 Å². The molecule has 2 aromatic heterocycles. The Bertz CT molecular complexity index is 1220. The van der Waals surface area contributed by atoms with Crippen LogP contribution >= 0.6 is 11.3 Å². The number of aryl methyl sites for hydroxylation is 2. The van der Waals surface area contributed by atoms with Crippen LogP contribution in [0.1, 0.15) is 53.5 Å². The smallest absolute Gasteiger partial charge is 0.260 e. The van der Waals surface area contributed by atoms with Crippen molar-refractivity contribution in [1.29, 1.82) is 0 Å². The number of hydrogen-bond acceptors (Lipinski definition) is 4. The van der Waals surface area contributed by atoms with Crippen LogP contribution in [0.3, 0.4) is 0 Å². The lowest BCUT2D eigenvalue weighted by Gasteiger charge is -2.21. The molecule has 1 amide bonds. The summed E-state index contributed by atoms with van der Waals surface area (Å²) in [5.74, 6) is -0.0699. The lowest BCUT2D eigenvalue weighted by Crippen LogP contribution is -2.30. The summed E-state index contributed by atoms with van der Waals surface area (Å²) in [6.45, 7) is 11.0. The van der Waals surface area contributed by atoms with Crippen LogP contribution in [0.2, 0.25) is 0 Å². The summed E-state index contributed by atoms with van der Waals surface area (Å²) in [4.78, 5) is 24.7. The van der Waals surface area contributed by atoms with Gasteiger partial charge in [-0.15, -0.1) is 0 Å². The van der Waals surface area contributed by atoms with E-state index in [0.29, 0.717) is 17.2 Å². The van der Waals surface area contributed by atoms with Crippen molar-refractivity contribution in [2.24, 2.45) is 0 Å². The molecule has 5 heteroatoms. The van der Waals surface area contributed by atoms with E-state index >= 15 is 0 Å². The number of anilines is 1. The standard InChI is InChI=1S/C26H27N3OS/c1-17-9-14-22-23(18(17)2)28-25(31-22)29(16-21-8-6-7-15-27-21)24(30)19-10-12-20(13-11-19)26(3,4)5/h6-15H,16H2,1-5H3. The highest BCUT2D eigenvalue weighted by Gasteiger charge is 2.23. The van der Waals surface area contributed by atoms with Crippen LogP contribution in [0.25, 0.3) is 10.2 Å². The van der Waals surface area contributed by atoms with Gasteiger partial charge in [0.1, 0.15) is 0 Å².